The smallest absolute Gasteiger partial charge is 0.332 e. The molecule has 0 aliphatic carbocycles. The van der Waals surface area contributed by atoms with E-state index in [9.17, 15) is 29.4 Å². The number of cyclic esters (lactones) is 1. The topological polar surface area (TPSA) is 176 Å². The number of methoxy groups -OCH3 is 2. The van der Waals surface area contributed by atoms with Crippen LogP contribution in [0.2, 0.25) is 0 Å². The van der Waals surface area contributed by atoms with Gasteiger partial charge in [-0.25, -0.2) is 4.79 Å². The number of amides is 3. The highest BCUT2D eigenvalue weighted by Crippen LogP contribution is 2.42. The van der Waals surface area contributed by atoms with Crippen molar-refractivity contribution in [3.63, 3.8) is 0 Å². The molecule has 9 atom stereocenters. The maximum Gasteiger partial charge on any atom is 0.332 e. The molecule has 56 heavy (non-hydrogen) atoms. The van der Waals surface area contributed by atoms with Gasteiger partial charge in [-0.3, -0.25) is 14.4 Å². The van der Waals surface area contributed by atoms with Crippen molar-refractivity contribution in [3.8, 4) is 11.5 Å². The lowest BCUT2D eigenvalue weighted by atomic mass is 9.93. The quantitative estimate of drug-likeness (QED) is 0.220. The van der Waals surface area contributed by atoms with Crippen molar-refractivity contribution in [2.24, 2.45) is 11.8 Å². The number of carbonyl (C=O) groups excluding carboxylic acids is 4. The van der Waals surface area contributed by atoms with Crippen molar-refractivity contribution in [3.05, 3.63) is 83.5 Å². The molecule has 2 aromatic rings. The number of allylic oxidation sites excluding steroid dienone is 2. The molecule has 3 amide bonds. The molecule has 0 spiro atoms. The second-order valence-corrected chi connectivity index (χ2v) is 15.7. The summed E-state index contributed by atoms with van der Waals surface area (Å²) in [6, 6.07) is 9.80. The van der Waals surface area contributed by atoms with E-state index in [2.05, 4.69) is 10.6 Å². The van der Waals surface area contributed by atoms with E-state index in [4.69, 9.17) is 18.9 Å². The van der Waals surface area contributed by atoms with Crippen molar-refractivity contribution in [1.29, 1.82) is 0 Å². The lowest BCUT2D eigenvalue weighted by Crippen LogP contribution is -2.61. The van der Waals surface area contributed by atoms with Crippen LogP contribution in [0.25, 0.3) is 0 Å². The summed E-state index contributed by atoms with van der Waals surface area (Å²) in [5, 5.41) is 27.1. The Hall–Kier alpha value is -4.72. The van der Waals surface area contributed by atoms with Gasteiger partial charge in [0.2, 0.25) is 11.8 Å². The monoisotopic (exact) mass is 777 g/mol. The van der Waals surface area contributed by atoms with E-state index in [1.807, 2.05) is 76.3 Å². The van der Waals surface area contributed by atoms with E-state index in [0.29, 0.717) is 24.0 Å². The van der Waals surface area contributed by atoms with Crippen molar-refractivity contribution in [2.45, 2.75) is 115 Å². The van der Waals surface area contributed by atoms with Gasteiger partial charge in [-0.15, -0.1) is 0 Å². The predicted molar refractivity (Wildman–Crippen MR) is 211 cm³/mol. The van der Waals surface area contributed by atoms with Gasteiger partial charge in [0.05, 0.1) is 24.9 Å². The highest BCUT2D eigenvalue weighted by molar-refractivity contribution is 5.96. The Balaban J connectivity index is 1.83. The zero-order valence-corrected chi connectivity index (χ0v) is 34.2. The van der Waals surface area contributed by atoms with Crippen LogP contribution >= 0.6 is 0 Å². The SMILES string of the molecule is CC[C@H](C)[C@H]1C(=O)N[C@H](Cc2ccc(O)c(OC)c2)C(=O)N[C@@H](C(C)(C)O)C(=O)O[C@H](c2ccccc2)[C@H](C)/C=C/C=C(\C)[C@H](OC)C[C@@H]2O[C@@]2(C)C(=O)N1C. The molecule has 4 rings (SSSR count). The number of likely N-dealkylation sites (N-methyl/N-ethyl adjacent to an activating group) is 1. The van der Waals surface area contributed by atoms with E-state index < -0.39 is 59.3 Å². The standard InChI is InChI=1S/C43H59N3O10/c1-11-25(2)35-39(49)44-30(22-28-20-21-31(47)33(23-28)54-10)38(48)45-37(42(5,6)52)40(50)55-36(29-18-13-12-14-19-29)27(4)17-15-16-26(3)32(53-9)24-34-43(7,56-34)41(51)46(35)8/h12-21,23,25,27,30,32,34-37,47,52H,11,22,24H2,1-10H3,(H,44,49)(H,45,48)/b17-15+,26-16+/t25-,27+,30+,32+,34-,35-,36-,37+,43+/m0/s1. The number of aliphatic hydroxyl groups is 1. The fourth-order valence-corrected chi connectivity index (χ4v) is 7.12. The summed E-state index contributed by atoms with van der Waals surface area (Å²) in [6.45, 7) is 12.0. The number of hydrogen-bond acceptors (Lipinski definition) is 10. The molecule has 1 fully saturated rings. The van der Waals surface area contributed by atoms with Gasteiger partial charge in [-0.1, -0.05) is 81.8 Å². The van der Waals surface area contributed by atoms with Crippen LogP contribution in [0.15, 0.2) is 72.3 Å². The molecular formula is C43H59N3O10. The third kappa shape index (κ3) is 10.4. The Kier molecular flexibility index (Phi) is 14.5. The summed E-state index contributed by atoms with van der Waals surface area (Å²) in [5.74, 6) is -3.34. The summed E-state index contributed by atoms with van der Waals surface area (Å²) >= 11 is 0. The van der Waals surface area contributed by atoms with Crippen molar-refractivity contribution in [1.82, 2.24) is 15.5 Å². The molecule has 2 heterocycles. The summed E-state index contributed by atoms with van der Waals surface area (Å²) in [5.41, 5.74) is -0.918. The highest BCUT2D eigenvalue weighted by atomic mass is 16.6. The fraction of sp³-hybridized carbons (Fsp3) is 0.535. The van der Waals surface area contributed by atoms with Crippen molar-refractivity contribution < 1.29 is 48.3 Å². The Morgan fingerprint density at radius 3 is 2.34 bits per heavy atom. The van der Waals surface area contributed by atoms with E-state index >= 15 is 0 Å². The third-order valence-electron chi connectivity index (χ3n) is 10.9. The Bertz CT molecular complexity index is 1770. The van der Waals surface area contributed by atoms with Gasteiger partial charge in [0.1, 0.15) is 18.2 Å². The minimum absolute atomic E-state index is 0.102. The first kappa shape index (κ1) is 44.0. The minimum Gasteiger partial charge on any atom is -0.504 e. The van der Waals surface area contributed by atoms with Gasteiger partial charge in [-0.2, -0.15) is 0 Å². The number of carbonyl (C=O) groups is 4. The lowest BCUT2D eigenvalue weighted by molar-refractivity contribution is -0.162. The van der Waals surface area contributed by atoms with Crippen LogP contribution in [-0.4, -0.2) is 102 Å². The van der Waals surface area contributed by atoms with Gasteiger partial charge in [0.15, 0.2) is 23.1 Å². The number of rotatable bonds is 8. The third-order valence-corrected chi connectivity index (χ3v) is 10.9. The van der Waals surface area contributed by atoms with Gasteiger partial charge >= 0.3 is 5.97 Å². The molecule has 13 heteroatoms. The maximum absolute atomic E-state index is 14.4. The average Bonchev–Trinajstić information content (AvgIpc) is 3.83. The molecule has 2 aliphatic heterocycles. The van der Waals surface area contributed by atoms with Gasteiger partial charge in [0, 0.05) is 32.9 Å². The van der Waals surface area contributed by atoms with Gasteiger partial charge < -0.3 is 44.7 Å². The number of aromatic hydroxyl groups is 1. The Morgan fingerprint density at radius 2 is 1.73 bits per heavy atom. The highest BCUT2D eigenvalue weighted by Gasteiger charge is 2.61. The first-order chi connectivity index (χ1) is 26.4. The minimum atomic E-state index is -1.81. The van der Waals surface area contributed by atoms with E-state index in [1.165, 1.54) is 38.0 Å². The van der Waals surface area contributed by atoms with Crippen LogP contribution in [0, 0.1) is 11.8 Å². The second kappa shape index (κ2) is 18.5. The first-order valence-corrected chi connectivity index (χ1v) is 19.1. The molecule has 306 valence electrons. The Morgan fingerprint density at radius 1 is 1.05 bits per heavy atom. The molecule has 0 saturated carbocycles. The van der Waals surface area contributed by atoms with Crippen LogP contribution in [0.5, 0.6) is 11.5 Å². The number of benzene rings is 2. The molecule has 4 N–H and O–H groups in total. The number of ether oxygens (including phenoxy) is 4. The number of nitrogens with one attached hydrogen (secondary N) is 2. The van der Waals surface area contributed by atoms with Crippen molar-refractivity contribution >= 4 is 23.7 Å². The molecule has 0 radical (unpaired) electrons. The normalized spacial score (nSPS) is 30.7. The van der Waals surface area contributed by atoms with Crippen LogP contribution in [0.3, 0.4) is 0 Å². The number of phenolic OH excluding ortho intramolecular Hbond substituents is 1. The number of phenols is 1. The maximum atomic E-state index is 14.4. The molecule has 1 saturated heterocycles. The number of fused-ring (bicyclic) bond motifs is 1. The summed E-state index contributed by atoms with van der Waals surface area (Å²) in [4.78, 5) is 58.4. The van der Waals surface area contributed by atoms with Crippen molar-refractivity contribution in [2.75, 3.05) is 21.3 Å². The van der Waals surface area contributed by atoms with Gasteiger partial charge in [-0.05, 0) is 62.4 Å². The summed E-state index contributed by atoms with van der Waals surface area (Å²) < 4.78 is 23.3. The number of hydrogen-bond donors (Lipinski definition) is 4. The van der Waals surface area contributed by atoms with Crippen LogP contribution in [0.1, 0.15) is 78.5 Å². The Labute approximate surface area is 330 Å². The van der Waals surface area contributed by atoms with Crippen LogP contribution in [0.4, 0.5) is 0 Å². The fourth-order valence-electron chi connectivity index (χ4n) is 7.12. The zero-order valence-electron chi connectivity index (χ0n) is 34.2. The van der Waals surface area contributed by atoms with Crippen LogP contribution in [-0.2, 0) is 39.8 Å². The second-order valence-electron chi connectivity index (χ2n) is 15.7. The molecule has 13 nitrogen and oxygen atoms in total. The predicted octanol–water partition coefficient (Wildman–Crippen LogP) is 4.56. The molecule has 2 aromatic carbocycles. The molecular weight excluding hydrogens is 718 g/mol. The van der Waals surface area contributed by atoms with Crippen LogP contribution < -0.4 is 15.4 Å². The van der Waals surface area contributed by atoms with Gasteiger partial charge in [0.25, 0.3) is 5.91 Å². The molecule has 0 unspecified atom stereocenters. The van der Waals surface area contributed by atoms with E-state index in [1.54, 1.807) is 27.1 Å². The largest absolute Gasteiger partial charge is 0.504 e. The lowest BCUT2D eigenvalue weighted by Gasteiger charge is -2.35. The number of nitrogens with zero attached hydrogens (tertiary/aromatic N) is 1. The summed E-state index contributed by atoms with van der Waals surface area (Å²) in [6.07, 6.45) is 4.80. The molecule has 2 aliphatic rings. The average molecular weight is 778 g/mol. The first-order valence-electron chi connectivity index (χ1n) is 19.1. The molecule has 0 aromatic heterocycles. The molecule has 0 bridgehead atoms. The summed E-state index contributed by atoms with van der Waals surface area (Å²) in [7, 11) is 4.53. The number of esters is 1. The number of epoxide rings is 1. The van der Waals surface area contributed by atoms with E-state index in [0.717, 1.165) is 5.57 Å². The zero-order chi connectivity index (χ0) is 41.5. The van der Waals surface area contributed by atoms with E-state index in [-0.39, 0.29) is 41.8 Å².